The van der Waals surface area contributed by atoms with Crippen LogP contribution in [0.3, 0.4) is 0 Å². The number of nitrogens with two attached hydrogens (primary N) is 1. The van der Waals surface area contributed by atoms with Gasteiger partial charge in [0.25, 0.3) is 0 Å². The van der Waals surface area contributed by atoms with Gasteiger partial charge in [0.15, 0.2) is 16.8 Å². The van der Waals surface area contributed by atoms with E-state index in [1.807, 2.05) is 43.3 Å². The van der Waals surface area contributed by atoms with Gasteiger partial charge in [-0.25, -0.2) is 0 Å². The smallest absolute Gasteiger partial charge is 0.203 e. The molecule has 0 fully saturated rings. The maximum absolute atomic E-state index is 8.11. The zero-order valence-electron chi connectivity index (χ0n) is 16.0. The number of allylic oxidation sites excluding steroid dienone is 1. The summed E-state index contributed by atoms with van der Waals surface area (Å²) in [4.78, 5) is 8.11. The Morgan fingerprint density at radius 2 is 1.48 bits per heavy atom. The third-order valence-electron chi connectivity index (χ3n) is 3.76. The summed E-state index contributed by atoms with van der Waals surface area (Å²) in [7, 11) is 6.39. The molecule has 0 aromatic heterocycles. The van der Waals surface area contributed by atoms with E-state index in [2.05, 4.69) is 0 Å². The zero-order valence-corrected chi connectivity index (χ0v) is 16.0. The number of anilines is 1. The molecule has 0 spiro atoms. The van der Waals surface area contributed by atoms with Gasteiger partial charge in [0.1, 0.15) is 5.75 Å². The first kappa shape index (κ1) is 21.6. The van der Waals surface area contributed by atoms with Gasteiger partial charge < -0.3 is 29.9 Å². The van der Waals surface area contributed by atoms with Crippen molar-refractivity contribution in [2.75, 3.05) is 34.2 Å². The predicted molar refractivity (Wildman–Crippen MR) is 105 cm³/mol. The summed E-state index contributed by atoms with van der Waals surface area (Å²) in [6, 6.07) is 9.51. The molecule has 8 heteroatoms. The van der Waals surface area contributed by atoms with E-state index in [0.29, 0.717) is 28.7 Å². The first-order valence-electron chi connectivity index (χ1n) is 7.84. The number of benzene rings is 2. The van der Waals surface area contributed by atoms with Gasteiger partial charge in [0, 0.05) is 0 Å². The molecule has 0 aliphatic rings. The lowest BCUT2D eigenvalue weighted by molar-refractivity contribution is 0.312. The van der Waals surface area contributed by atoms with Gasteiger partial charge in [0.2, 0.25) is 5.75 Å². The predicted octanol–water partition coefficient (Wildman–Crippen LogP) is 4.01. The van der Waals surface area contributed by atoms with Crippen LogP contribution in [0.2, 0.25) is 0 Å². The number of rotatable bonds is 6. The Labute approximate surface area is 158 Å². The molecule has 0 radical (unpaired) electrons. The quantitative estimate of drug-likeness (QED) is 0.339. The summed E-state index contributed by atoms with van der Waals surface area (Å²) in [5, 5.41) is 7.89. The monoisotopic (exact) mass is 376 g/mol. The summed E-state index contributed by atoms with van der Waals surface area (Å²) in [5.74, 6) is 2.48. The van der Waals surface area contributed by atoms with Crippen LogP contribution in [0.15, 0.2) is 35.7 Å². The minimum absolute atomic E-state index is 0.574. The minimum atomic E-state index is 0.574. The SMILES string of the molecule is COc1ccc(/C=C(\C)c2cc(OC)c(OC)c(OC)c2)cc1N.O=NO. The third kappa shape index (κ3) is 5.53. The van der Waals surface area contributed by atoms with Gasteiger partial charge in [-0.3, -0.25) is 0 Å². The Hall–Kier alpha value is -3.42. The number of hydrogen-bond donors (Lipinski definition) is 2. The molecular weight excluding hydrogens is 352 g/mol. The lowest BCUT2D eigenvalue weighted by Crippen LogP contribution is -1.96. The first-order chi connectivity index (χ1) is 12.9. The summed E-state index contributed by atoms with van der Waals surface area (Å²) < 4.78 is 21.3. The van der Waals surface area contributed by atoms with Crippen LogP contribution in [-0.4, -0.2) is 33.6 Å². The Kier molecular flexibility index (Phi) is 8.44. The van der Waals surface area contributed by atoms with Crippen molar-refractivity contribution < 1.29 is 24.2 Å². The lowest BCUT2D eigenvalue weighted by Gasteiger charge is -2.14. The number of nitrogens with zero attached hydrogens (tertiary/aromatic N) is 1. The van der Waals surface area contributed by atoms with Crippen molar-refractivity contribution in [3.05, 3.63) is 46.4 Å². The first-order valence-corrected chi connectivity index (χ1v) is 7.84. The van der Waals surface area contributed by atoms with Crippen LogP contribution in [0.25, 0.3) is 11.6 Å². The van der Waals surface area contributed by atoms with Gasteiger partial charge in [-0.2, -0.15) is 0 Å². The second kappa shape index (κ2) is 10.5. The van der Waals surface area contributed by atoms with E-state index >= 15 is 0 Å². The molecule has 0 bridgehead atoms. The maximum Gasteiger partial charge on any atom is 0.203 e. The molecule has 0 aliphatic carbocycles. The Morgan fingerprint density at radius 1 is 0.963 bits per heavy atom. The van der Waals surface area contributed by atoms with Crippen molar-refractivity contribution in [1.82, 2.24) is 0 Å². The summed E-state index contributed by atoms with van der Waals surface area (Å²) >= 11 is 0. The fourth-order valence-corrected chi connectivity index (χ4v) is 2.48. The summed E-state index contributed by atoms with van der Waals surface area (Å²) in [6.45, 7) is 2.01. The molecule has 0 unspecified atom stereocenters. The van der Waals surface area contributed by atoms with Gasteiger partial charge in [-0.1, -0.05) is 12.1 Å². The van der Waals surface area contributed by atoms with E-state index in [0.717, 1.165) is 16.7 Å². The fourth-order valence-electron chi connectivity index (χ4n) is 2.48. The largest absolute Gasteiger partial charge is 0.495 e. The van der Waals surface area contributed by atoms with Crippen LogP contribution in [0.1, 0.15) is 18.1 Å². The van der Waals surface area contributed by atoms with Crippen LogP contribution >= 0.6 is 0 Å². The van der Waals surface area contributed by atoms with Crippen LogP contribution < -0.4 is 24.7 Å². The molecule has 8 nitrogen and oxygen atoms in total. The standard InChI is InChI=1S/C19H23NO4.HNO2/c1-12(8-13-6-7-16(21-2)15(20)9-13)14-10-17(22-3)19(24-5)18(11-14)23-4;2-1-3/h6-11H,20H2,1-5H3;(H,2,3)/b12-8+;. The topological polar surface area (TPSA) is 113 Å². The maximum atomic E-state index is 8.11. The van der Waals surface area contributed by atoms with Crippen molar-refractivity contribution in [2.45, 2.75) is 6.92 Å². The number of hydrogen-bond acceptors (Lipinski definition) is 7. The molecule has 0 heterocycles. The van der Waals surface area contributed by atoms with E-state index in [1.165, 1.54) is 5.34 Å². The minimum Gasteiger partial charge on any atom is -0.495 e. The Balaban J connectivity index is 0.00000114. The molecule has 2 aromatic carbocycles. The normalized spacial score (nSPS) is 10.3. The van der Waals surface area contributed by atoms with E-state index in [9.17, 15) is 0 Å². The molecule has 0 aliphatic heterocycles. The molecule has 0 saturated carbocycles. The average molecular weight is 376 g/mol. The van der Waals surface area contributed by atoms with Crippen LogP contribution in [0, 0.1) is 4.91 Å². The number of ether oxygens (including phenoxy) is 4. The van der Waals surface area contributed by atoms with E-state index in [-0.39, 0.29) is 0 Å². The fraction of sp³-hybridized carbons (Fsp3) is 0.263. The summed E-state index contributed by atoms with van der Waals surface area (Å²) in [6.07, 6.45) is 2.04. The highest BCUT2D eigenvalue weighted by atomic mass is 16.6. The Morgan fingerprint density at radius 3 is 1.89 bits per heavy atom. The van der Waals surface area contributed by atoms with Crippen molar-refractivity contribution in [2.24, 2.45) is 5.34 Å². The van der Waals surface area contributed by atoms with E-state index < -0.39 is 0 Å². The highest BCUT2D eigenvalue weighted by molar-refractivity contribution is 5.83. The Bertz CT molecular complexity index is 780. The highest BCUT2D eigenvalue weighted by Gasteiger charge is 2.13. The molecule has 0 amide bonds. The molecular formula is C19H24N2O6. The molecule has 146 valence electrons. The molecule has 2 rings (SSSR count). The molecule has 0 saturated heterocycles. The van der Waals surface area contributed by atoms with Crippen LogP contribution in [0.5, 0.6) is 23.0 Å². The van der Waals surface area contributed by atoms with Crippen LogP contribution in [-0.2, 0) is 0 Å². The van der Waals surface area contributed by atoms with Gasteiger partial charge in [-0.05, 0) is 47.9 Å². The molecule has 0 atom stereocenters. The van der Waals surface area contributed by atoms with Crippen molar-refractivity contribution in [1.29, 1.82) is 0 Å². The van der Waals surface area contributed by atoms with Crippen LogP contribution in [0.4, 0.5) is 5.69 Å². The lowest BCUT2D eigenvalue weighted by atomic mass is 10.0. The third-order valence-corrected chi connectivity index (χ3v) is 3.76. The van der Waals surface area contributed by atoms with Gasteiger partial charge >= 0.3 is 0 Å². The van der Waals surface area contributed by atoms with Crippen molar-refractivity contribution in [3.8, 4) is 23.0 Å². The molecule has 27 heavy (non-hydrogen) atoms. The second-order valence-corrected chi connectivity index (χ2v) is 5.32. The zero-order chi connectivity index (χ0) is 20.4. The average Bonchev–Trinajstić information content (AvgIpc) is 2.67. The second-order valence-electron chi connectivity index (χ2n) is 5.32. The highest BCUT2D eigenvalue weighted by Crippen LogP contribution is 2.40. The van der Waals surface area contributed by atoms with Gasteiger partial charge in [0.05, 0.1) is 34.1 Å². The van der Waals surface area contributed by atoms with Gasteiger partial charge in [-0.15, -0.1) is 4.91 Å². The number of methoxy groups -OCH3 is 4. The summed E-state index contributed by atoms with van der Waals surface area (Å²) in [5.41, 5.74) is 9.56. The molecule has 3 N–H and O–H groups in total. The molecule has 2 aromatic rings. The van der Waals surface area contributed by atoms with E-state index in [1.54, 1.807) is 28.4 Å². The van der Waals surface area contributed by atoms with Crippen molar-refractivity contribution >= 4 is 17.3 Å². The number of nitrogen functional groups attached to an aromatic ring is 1. The van der Waals surface area contributed by atoms with E-state index in [4.69, 9.17) is 34.8 Å². The van der Waals surface area contributed by atoms with Crippen molar-refractivity contribution in [3.63, 3.8) is 0 Å².